The summed E-state index contributed by atoms with van der Waals surface area (Å²) >= 11 is 0. The normalized spacial score (nSPS) is 26.6. The van der Waals surface area contributed by atoms with Gasteiger partial charge in [0.25, 0.3) is 0 Å². The van der Waals surface area contributed by atoms with E-state index in [1.165, 1.54) is 0 Å². The maximum atomic E-state index is 13.1. The Balaban J connectivity index is 1.71. The molecule has 0 radical (unpaired) electrons. The minimum Gasteiger partial charge on any atom is -0.497 e. The Hall–Kier alpha value is -2.08. The van der Waals surface area contributed by atoms with Crippen LogP contribution in [0.5, 0.6) is 5.75 Å². The highest BCUT2D eigenvalue weighted by Gasteiger charge is 2.36. The zero-order valence-electron chi connectivity index (χ0n) is 16.3. The van der Waals surface area contributed by atoms with Crippen LogP contribution in [0.25, 0.3) is 0 Å². The van der Waals surface area contributed by atoms with Gasteiger partial charge < -0.3 is 14.7 Å². The number of aliphatic carboxylic acids is 1. The first-order chi connectivity index (χ1) is 13.0. The van der Waals surface area contributed by atoms with Crippen LogP contribution >= 0.6 is 0 Å². The average molecular weight is 374 g/mol. The Morgan fingerprint density at radius 1 is 1.15 bits per heavy atom. The monoisotopic (exact) mass is 374 g/mol. The molecule has 1 N–H and O–H groups in total. The van der Waals surface area contributed by atoms with Gasteiger partial charge >= 0.3 is 5.97 Å². The standard InChI is InChI=1S/C21H30N2O4/c1-15-12-22(13-18(15)21(25)26)14-20(24)23-11-5-3-4-6-19(23)16-7-9-17(27-2)10-8-16/h7-10,15,18-19H,3-6,11-14H2,1-2H3,(H,25,26)/t15-,18-,19?/m1/s1. The highest BCUT2D eigenvalue weighted by molar-refractivity contribution is 5.79. The fourth-order valence-corrected chi connectivity index (χ4v) is 4.38. The van der Waals surface area contributed by atoms with Crippen LogP contribution in [0.1, 0.15) is 44.2 Å². The molecular formula is C21H30N2O4. The first kappa shape index (κ1) is 19.7. The minimum atomic E-state index is -0.761. The number of ether oxygens (including phenoxy) is 1. The predicted octanol–water partition coefficient (Wildman–Crippen LogP) is 2.79. The lowest BCUT2D eigenvalue weighted by atomic mass is 9.99. The maximum absolute atomic E-state index is 13.1. The summed E-state index contributed by atoms with van der Waals surface area (Å²) in [6.07, 6.45) is 4.24. The fraction of sp³-hybridized carbons (Fsp3) is 0.619. The number of methoxy groups -OCH3 is 1. The summed E-state index contributed by atoms with van der Waals surface area (Å²) in [6.45, 7) is 4.16. The molecule has 6 heteroatoms. The van der Waals surface area contributed by atoms with Crippen molar-refractivity contribution in [2.24, 2.45) is 11.8 Å². The average Bonchev–Trinajstić information content (AvgIpc) is 2.87. The van der Waals surface area contributed by atoms with Gasteiger partial charge in [0, 0.05) is 19.6 Å². The molecule has 3 rings (SSSR count). The Morgan fingerprint density at radius 3 is 2.52 bits per heavy atom. The van der Waals surface area contributed by atoms with E-state index in [0.717, 1.165) is 43.5 Å². The first-order valence-corrected chi connectivity index (χ1v) is 9.88. The predicted molar refractivity (Wildman–Crippen MR) is 103 cm³/mol. The number of carbonyl (C=O) groups excluding carboxylic acids is 1. The molecule has 0 bridgehead atoms. The summed E-state index contributed by atoms with van der Waals surface area (Å²) in [6, 6.07) is 8.08. The Kier molecular flexibility index (Phi) is 6.37. The van der Waals surface area contributed by atoms with E-state index in [9.17, 15) is 14.7 Å². The highest BCUT2D eigenvalue weighted by atomic mass is 16.5. The van der Waals surface area contributed by atoms with Gasteiger partial charge in [-0.2, -0.15) is 0 Å². The van der Waals surface area contributed by atoms with Crippen LogP contribution in [-0.4, -0.2) is 60.1 Å². The number of hydrogen-bond donors (Lipinski definition) is 1. The number of likely N-dealkylation sites (tertiary alicyclic amines) is 2. The number of hydrogen-bond acceptors (Lipinski definition) is 4. The van der Waals surface area contributed by atoms with Crippen LogP contribution in [0.4, 0.5) is 0 Å². The van der Waals surface area contributed by atoms with E-state index in [1.54, 1.807) is 7.11 Å². The van der Waals surface area contributed by atoms with Crippen molar-refractivity contribution in [3.63, 3.8) is 0 Å². The van der Waals surface area contributed by atoms with E-state index < -0.39 is 5.97 Å². The van der Waals surface area contributed by atoms with E-state index in [1.807, 2.05) is 41.0 Å². The van der Waals surface area contributed by atoms with Crippen molar-refractivity contribution in [3.05, 3.63) is 29.8 Å². The van der Waals surface area contributed by atoms with E-state index in [2.05, 4.69) is 0 Å². The topological polar surface area (TPSA) is 70.1 Å². The molecule has 148 valence electrons. The van der Waals surface area contributed by atoms with Gasteiger partial charge in [-0.25, -0.2) is 0 Å². The van der Waals surface area contributed by atoms with E-state index >= 15 is 0 Å². The number of carboxylic acids is 1. The number of nitrogens with zero attached hydrogens (tertiary/aromatic N) is 2. The number of carboxylic acid groups (broad SMARTS) is 1. The second-order valence-corrected chi connectivity index (χ2v) is 7.84. The third-order valence-corrected chi connectivity index (χ3v) is 5.94. The molecule has 1 amide bonds. The summed E-state index contributed by atoms with van der Waals surface area (Å²) in [5.41, 5.74) is 1.14. The van der Waals surface area contributed by atoms with Crippen molar-refractivity contribution >= 4 is 11.9 Å². The molecule has 2 aliphatic rings. The van der Waals surface area contributed by atoms with Crippen LogP contribution < -0.4 is 4.74 Å². The minimum absolute atomic E-state index is 0.0804. The number of benzene rings is 1. The van der Waals surface area contributed by atoms with Crippen molar-refractivity contribution < 1.29 is 19.4 Å². The molecule has 0 saturated carbocycles. The zero-order chi connectivity index (χ0) is 19.4. The van der Waals surface area contributed by atoms with Crippen LogP contribution in [0.2, 0.25) is 0 Å². The summed E-state index contributed by atoms with van der Waals surface area (Å²) in [7, 11) is 1.65. The van der Waals surface area contributed by atoms with Crippen molar-refractivity contribution in [3.8, 4) is 5.75 Å². The van der Waals surface area contributed by atoms with Gasteiger partial charge in [0.2, 0.25) is 5.91 Å². The quantitative estimate of drug-likeness (QED) is 0.858. The largest absolute Gasteiger partial charge is 0.497 e. The molecule has 0 aromatic heterocycles. The molecule has 2 aliphatic heterocycles. The maximum Gasteiger partial charge on any atom is 0.308 e. The smallest absolute Gasteiger partial charge is 0.308 e. The van der Waals surface area contributed by atoms with E-state index in [4.69, 9.17) is 4.74 Å². The highest BCUT2D eigenvalue weighted by Crippen LogP contribution is 2.32. The first-order valence-electron chi connectivity index (χ1n) is 9.88. The molecule has 1 aromatic rings. The molecule has 1 aromatic carbocycles. The van der Waals surface area contributed by atoms with Crippen LogP contribution in [0, 0.1) is 11.8 Å². The lowest BCUT2D eigenvalue weighted by molar-refractivity contribution is -0.142. The van der Waals surface area contributed by atoms with E-state index in [-0.39, 0.29) is 23.8 Å². The van der Waals surface area contributed by atoms with Crippen LogP contribution in [0.3, 0.4) is 0 Å². The molecule has 0 aliphatic carbocycles. The van der Waals surface area contributed by atoms with Gasteiger partial charge in [-0.05, 0) is 36.5 Å². The summed E-state index contributed by atoms with van der Waals surface area (Å²) < 4.78 is 5.25. The van der Waals surface area contributed by atoms with Gasteiger partial charge in [-0.3, -0.25) is 14.5 Å². The molecule has 2 saturated heterocycles. The van der Waals surface area contributed by atoms with Gasteiger partial charge in [0.15, 0.2) is 0 Å². The Morgan fingerprint density at radius 2 is 1.89 bits per heavy atom. The number of carbonyl (C=O) groups is 2. The second kappa shape index (κ2) is 8.74. The van der Waals surface area contributed by atoms with Gasteiger partial charge in [-0.1, -0.05) is 31.9 Å². The summed E-state index contributed by atoms with van der Waals surface area (Å²) in [4.78, 5) is 28.5. The van der Waals surface area contributed by atoms with Crippen molar-refractivity contribution in [1.29, 1.82) is 0 Å². The Bertz CT molecular complexity index is 661. The number of amides is 1. The molecule has 1 unspecified atom stereocenters. The van der Waals surface area contributed by atoms with Crippen molar-refractivity contribution in [1.82, 2.24) is 9.80 Å². The molecule has 6 nitrogen and oxygen atoms in total. The van der Waals surface area contributed by atoms with Gasteiger partial charge in [0.1, 0.15) is 5.75 Å². The summed E-state index contributed by atoms with van der Waals surface area (Å²) in [5, 5.41) is 9.32. The van der Waals surface area contributed by atoms with Gasteiger partial charge in [0.05, 0.1) is 25.6 Å². The molecule has 0 spiro atoms. The fourth-order valence-electron chi connectivity index (χ4n) is 4.38. The van der Waals surface area contributed by atoms with Crippen molar-refractivity contribution in [2.75, 3.05) is 33.3 Å². The number of rotatable bonds is 5. The molecule has 27 heavy (non-hydrogen) atoms. The second-order valence-electron chi connectivity index (χ2n) is 7.84. The third-order valence-electron chi connectivity index (χ3n) is 5.94. The SMILES string of the molecule is COc1ccc(C2CCCCCN2C(=O)CN2C[C@@H](C)[C@H](C(=O)O)C2)cc1. The lowest BCUT2D eigenvalue weighted by Crippen LogP contribution is -2.42. The Labute approximate surface area is 161 Å². The molecule has 2 heterocycles. The van der Waals surface area contributed by atoms with E-state index in [0.29, 0.717) is 19.6 Å². The molecular weight excluding hydrogens is 344 g/mol. The van der Waals surface area contributed by atoms with Crippen molar-refractivity contribution in [2.45, 2.75) is 38.6 Å². The molecule has 2 fully saturated rings. The lowest BCUT2D eigenvalue weighted by Gasteiger charge is -2.32. The summed E-state index contributed by atoms with van der Waals surface area (Å²) in [5.74, 6) is -0.133. The van der Waals surface area contributed by atoms with Crippen LogP contribution in [0.15, 0.2) is 24.3 Å². The van der Waals surface area contributed by atoms with Crippen LogP contribution in [-0.2, 0) is 9.59 Å². The third kappa shape index (κ3) is 4.61. The molecule has 3 atom stereocenters. The van der Waals surface area contributed by atoms with Gasteiger partial charge in [-0.15, -0.1) is 0 Å². The zero-order valence-corrected chi connectivity index (χ0v) is 16.3.